The van der Waals surface area contributed by atoms with Gasteiger partial charge in [-0.25, -0.2) is 4.68 Å². The zero-order valence-corrected chi connectivity index (χ0v) is 17.6. The van der Waals surface area contributed by atoms with Gasteiger partial charge < -0.3 is 9.47 Å². The molecule has 0 aliphatic rings. The number of carbonyl (C=O) groups excluding carboxylic acids is 1. The molecule has 0 atom stereocenters. The molecule has 30 heavy (non-hydrogen) atoms. The molecular formula is C23H27N3O4. The van der Waals surface area contributed by atoms with Crippen LogP contribution >= 0.6 is 0 Å². The molecule has 0 saturated heterocycles. The van der Waals surface area contributed by atoms with Crippen molar-refractivity contribution in [2.75, 3.05) is 27.3 Å². The molecule has 1 heterocycles. The summed E-state index contributed by atoms with van der Waals surface area (Å²) in [6.45, 7) is 3.61. The van der Waals surface area contributed by atoms with Crippen molar-refractivity contribution in [3.8, 4) is 5.75 Å². The molecule has 158 valence electrons. The Kier molecular flexibility index (Phi) is 7.19. The van der Waals surface area contributed by atoms with Gasteiger partial charge in [0.05, 0.1) is 37.8 Å². The normalized spacial score (nSPS) is 11.1. The lowest BCUT2D eigenvalue weighted by Gasteiger charge is -2.18. The van der Waals surface area contributed by atoms with Gasteiger partial charge in [-0.3, -0.25) is 14.5 Å². The zero-order chi connectivity index (χ0) is 21.5. The number of ether oxygens (including phenoxy) is 2. The number of esters is 1. The van der Waals surface area contributed by atoms with E-state index in [9.17, 15) is 9.59 Å². The minimum atomic E-state index is -0.216. The molecule has 7 nitrogen and oxygen atoms in total. The molecule has 0 aliphatic carbocycles. The van der Waals surface area contributed by atoms with Gasteiger partial charge in [-0.1, -0.05) is 30.3 Å². The van der Waals surface area contributed by atoms with Crippen LogP contribution in [0.5, 0.6) is 5.75 Å². The highest BCUT2D eigenvalue weighted by atomic mass is 16.5. The third kappa shape index (κ3) is 5.24. The molecule has 0 aliphatic heterocycles. The van der Waals surface area contributed by atoms with Crippen LogP contribution in [0.2, 0.25) is 0 Å². The highest BCUT2D eigenvalue weighted by Crippen LogP contribution is 2.16. The first-order valence-electron chi connectivity index (χ1n) is 9.97. The van der Waals surface area contributed by atoms with Crippen LogP contribution in [0.4, 0.5) is 0 Å². The molecule has 0 saturated carbocycles. The molecule has 2 aromatic carbocycles. The highest BCUT2D eigenvalue weighted by molar-refractivity contribution is 5.83. The van der Waals surface area contributed by atoms with Crippen molar-refractivity contribution < 1.29 is 14.3 Å². The third-order valence-electron chi connectivity index (χ3n) is 4.86. The van der Waals surface area contributed by atoms with E-state index in [1.54, 1.807) is 14.0 Å². The zero-order valence-electron chi connectivity index (χ0n) is 17.6. The second-order valence-electron chi connectivity index (χ2n) is 7.10. The van der Waals surface area contributed by atoms with Gasteiger partial charge in [-0.15, -0.1) is 0 Å². The summed E-state index contributed by atoms with van der Waals surface area (Å²) in [6.07, 6.45) is 0.313. The summed E-state index contributed by atoms with van der Waals surface area (Å²) in [5.74, 6) is 0.549. The predicted molar refractivity (Wildman–Crippen MR) is 116 cm³/mol. The number of fused-ring (bicyclic) bond motifs is 1. The molecule has 1 aromatic heterocycles. The van der Waals surface area contributed by atoms with Gasteiger partial charge in [0.15, 0.2) is 0 Å². The maximum absolute atomic E-state index is 13.0. The van der Waals surface area contributed by atoms with Crippen LogP contribution < -0.4 is 10.3 Å². The smallest absolute Gasteiger partial charge is 0.307 e. The Morgan fingerprint density at radius 1 is 1.10 bits per heavy atom. The van der Waals surface area contributed by atoms with Crippen LogP contribution in [0.25, 0.3) is 10.8 Å². The van der Waals surface area contributed by atoms with E-state index in [2.05, 4.69) is 5.10 Å². The van der Waals surface area contributed by atoms with Gasteiger partial charge >= 0.3 is 5.97 Å². The summed E-state index contributed by atoms with van der Waals surface area (Å²) in [6, 6.07) is 15.1. The number of carbonyl (C=O) groups is 1. The van der Waals surface area contributed by atoms with Crippen LogP contribution in [0, 0.1) is 0 Å². The van der Waals surface area contributed by atoms with Crippen molar-refractivity contribution in [2.24, 2.45) is 0 Å². The summed E-state index contributed by atoms with van der Waals surface area (Å²) in [5.41, 5.74) is 1.63. The fraction of sp³-hybridized carbons (Fsp3) is 0.348. The number of rotatable bonds is 9. The lowest BCUT2D eigenvalue weighted by molar-refractivity contribution is -0.143. The standard InChI is InChI=1S/C23H27N3O4/c1-4-30-22(27)13-14-25(2)16-21-19-7-5-6-8-20(19)23(28)26(24-21)15-17-9-11-18(29-3)12-10-17/h5-12H,4,13-16H2,1-3H3. The topological polar surface area (TPSA) is 73.7 Å². The Bertz CT molecular complexity index is 1060. The van der Waals surface area contributed by atoms with E-state index in [1.165, 1.54) is 4.68 Å². The van der Waals surface area contributed by atoms with Gasteiger partial charge in [0, 0.05) is 18.5 Å². The second-order valence-corrected chi connectivity index (χ2v) is 7.10. The Morgan fingerprint density at radius 3 is 2.47 bits per heavy atom. The third-order valence-corrected chi connectivity index (χ3v) is 4.86. The highest BCUT2D eigenvalue weighted by Gasteiger charge is 2.13. The Balaban J connectivity index is 1.86. The van der Waals surface area contributed by atoms with Crippen molar-refractivity contribution in [1.29, 1.82) is 0 Å². The quantitative estimate of drug-likeness (QED) is 0.506. The molecule has 7 heteroatoms. The molecule has 0 fully saturated rings. The monoisotopic (exact) mass is 409 g/mol. The average molecular weight is 409 g/mol. The fourth-order valence-electron chi connectivity index (χ4n) is 3.28. The van der Waals surface area contributed by atoms with Gasteiger partial charge in [-0.05, 0) is 37.7 Å². The van der Waals surface area contributed by atoms with Gasteiger partial charge in [0.1, 0.15) is 5.75 Å². The maximum atomic E-state index is 13.0. The van der Waals surface area contributed by atoms with Crippen molar-refractivity contribution in [2.45, 2.75) is 26.4 Å². The van der Waals surface area contributed by atoms with Crippen LogP contribution in [0.3, 0.4) is 0 Å². The van der Waals surface area contributed by atoms with Crippen molar-refractivity contribution in [3.05, 3.63) is 70.1 Å². The van der Waals surface area contributed by atoms with E-state index in [1.807, 2.05) is 60.5 Å². The second kappa shape index (κ2) is 10.0. The molecule has 0 radical (unpaired) electrons. The lowest BCUT2D eigenvalue weighted by atomic mass is 10.1. The minimum Gasteiger partial charge on any atom is -0.497 e. The molecule has 0 bridgehead atoms. The molecule has 3 aromatic rings. The molecule has 3 rings (SSSR count). The Hall–Kier alpha value is -3.19. The largest absolute Gasteiger partial charge is 0.497 e. The SMILES string of the molecule is CCOC(=O)CCN(C)Cc1nn(Cc2ccc(OC)cc2)c(=O)c2ccccc12. The van der Waals surface area contributed by atoms with Crippen LogP contribution in [0.1, 0.15) is 24.6 Å². The van der Waals surface area contributed by atoms with E-state index in [4.69, 9.17) is 9.47 Å². The average Bonchev–Trinajstić information content (AvgIpc) is 2.76. The van der Waals surface area contributed by atoms with Crippen LogP contribution in [-0.4, -0.2) is 48.0 Å². The number of methoxy groups -OCH3 is 1. The number of aromatic nitrogens is 2. The predicted octanol–water partition coefficient (Wildman–Crippen LogP) is 2.84. The Labute approximate surface area is 175 Å². The number of benzene rings is 2. The van der Waals surface area contributed by atoms with E-state index in [-0.39, 0.29) is 11.5 Å². The molecule has 0 N–H and O–H groups in total. The first kappa shape index (κ1) is 21.5. The first-order valence-corrected chi connectivity index (χ1v) is 9.97. The van der Waals surface area contributed by atoms with E-state index in [0.29, 0.717) is 38.0 Å². The molecule has 0 amide bonds. The van der Waals surface area contributed by atoms with Gasteiger partial charge in [0.2, 0.25) is 0 Å². The summed E-state index contributed by atoms with van der Waals surface area (Å²) >= 11 is 0. The molecule has 0 unspecified atom stereocenters. The Morgan fingerprint density at radius 2 is 1.80 bits per heavy atom. The fourth-order valence-corrected chi connectivity index (χ4v) is 3.28. The minimum absolute atomic E-state index is 0.126. The van der Waals surface area contributed by atoms with E-state index in [0.717, 1.165) is 22.4 Å². The number of hydrogen-bond donors (Lipinski definition) is 0. The first-order chi connectivity index (χ1) is 14.5. The van der Waals surface area contributed by atoms with Gasteiger partial charge in [0.25, 0.3) is 5.56 Å². The lowest BCUT2D eigenvalue weighted by Crippen LogP contribution is -2.28. The molecule has 0 spiro atoms. The number of nitrogens with zero attached hydrogens (tertiary/aromatic N) is 3. The summed E-state index contributed by atoms with van der Waals surface area (Å²) < 4.78 is 11.7. The van der Waals surface area contributed by atoms with Crippen LogP contribution in [-0.2, 0) is 22.6 Å². The van der Waals surface area contributed by atoms with Crippen molar-refractivity contribution >= 4 is 16.7 Å². The number of hydrogen-bond acceptors (Lipinski definition) is 6. The van der Waals surface area contributed by atoms with Gasteiger partial charge in [-0.2, -0.15) is 5.10 Å². The van der Waals surface area contributed by atoms with E-state index >= 15 is 0 Å². The maximum Gasteiger partial charge on any atom is 0.307 e. The van der Waals surface area contributed by atoms with Crippen molar-refractivity contribution in [1.82, 2.24) is 14.7 Å². The van der Waals surface area contributed by atoms with E-state index < -0.39 is 0 Å². The van der Waals surface area contributed by atoms with Crippen molar-refractivity contribution in [3.63, 3.8) is 0 Å². The summed E-state index contributed by atoms with van der Waals surface area (Å²) in [4.78, 5) is 26.6. The summed E-state index contributed by atoms with van der Waals surface area (Å²) in [7, 11) is 3.55. The van der Waals surface area contributed by atoms with Crippen LogP contribution in [0.15, 0.2) is 53.3 Å². The summed E-state index contributed by atoms with van der Waals surface area (Å²) in [5, 5.41) is 6.12. The molecular weight excluding hydrogens is 382 g/mol.